The molecule has 1 aliphatic rings. The zero-order chi connectivity index (χ0) is 14.8. The summed E-state index contributed by atoms with van der Waals surface area (Å²) in [6, 6.07) is 8.06. The van der Waals surface area contributed by atoms with Gasteiger partial charge in [0.25, 0.3) is 0 Å². The molecule has 3 rings (SSSR count). The van der Waals surface area contributed by atoms with Crippen molar-refractivity contribution in [2.24, 2.45) is 0 Å². The predicted octanol–water partition coefficient (Wildman–Crippen LogP) is 5.00. The maximum absolute atomic E-state index is 6.16. The highest BCUT2D eigenvalue weighted by molar-refractivity contribution is 9.10. The van der Waals surface area contributed by atoms with Gasteiger partial charge in [-0.15, -0.1) is 0 Å². The van der Waals surface area contributed by atoms with Crippen molar-refractivity contribution < 1.29 is 4.74 Å². The van der Waals surface area contributed by atoms with Crippen molar-refractivity contribution in [3.8, 4) is 5.75 Å². The minimum Gasteiger partial charge on any atom is -0.493 e. The van der Waals surface area contributed by atoms with Crippen LogP contribution in [0, 0.1) is 0 Å². The third kappa shape index (κ3) is 3.01. The van der Waals surface area contributed by atoms with Crippen LogP contribution in [0.5, 0.6) is 5.75 Å². The van der Waals surface area contributed by atoms with Crippen molar-refractivity contribution in [3.63, 3.8) is 0 Å². The van der Waals surface area contributed by atoms with Crippen molar-refractivity contribution in [1.82, 2.24) is 4.98 Å². The van der Waals surface area contributed by atoms with Crippen LogP contribution in [0.3, 0.4) is 0 Å². The van der Waals surface area contributed by atoms with Gasteiger partial charge in [0.05, 0.1) is 29.0 Å². The lowest BCUT2D eigenvalue weighted by atomic mass is 9.92. The second-order valence-corrected chi connectivity index (χ2v) is 6.40. The van der Waals surface area contributed by atoms with E-state index in [2.05, 4.69) is 32.3 Å². The number of fused-ring (bicyclic) bond motifs is 1. The number of halogens is 2. The number of pyridine rings is 1. The average molecular weight is 368 g/mol. The van der Waals surface area contributed by atoms with Crippen molar-refractivity contribution in [2.45, 2.75) is 25.3 Å². The van der Waals surface area contributed by atoms with E-state index in [-0.39, 0.29) is 6.04 Å². The van der Waals surface area contributed by atoms with E-state index in [1.807, 2.05) is 24.4 Å². The van der Waals surface area contributed by atoms with E-state index in [1.54, 1.807) is 7.11 Å². The molecule has 1 unspecified atom stereocenters. The molecular weight excluding hydrogens is 352 g/mol. The summed E-state index contributed by atoms with van der Waals surface area (Å²) >= 11 is 9.65. The quantitative estimate of drug-likeness (QED) is 0.829. The molecule has 0 saturated heterocycles. The van der Waals surface area contributed by atoms with E-state index in [0.717, 1.165) is 40.9 Å². The van der Waals surface area contributed by atoms with Crippen molar-refractivity contribution in [2.75, 3.05) is 12.4 Å². The lowest BCUT2D eigenvalue weighted by molar-refractivity contribution is 0.413. The van der Waals surface area contributed by atoms with Crippen molar-refractivity contribution in [1.29, 1.82) is 0 Å². The highest BCUT2D eigenvalue weighted by Gasteiger charge is 2.22. The van der Waals surface area contributed by atoms with Crippen LogP contribution in [0.15, 0.2) is 34.9 Å². The molecule has 21 heavy (non-hydrogen) atoms. The molecule has 110 valence electrons. The van der Waals surface area contributed by atoms with Gasteiger partial charge in [0, 0.05) is 11.2 Å². The van der Waals surface area contributed by atoms with Gasteiger partial charge in [-0.2, -0.15) is 0 Å². The first-order valence-electron chi connectivity index (χ1n) is 6.92. The van der Waals surface area contributed by atoms with E-state index in [0.29, 0.717) is 5.02 Å². The molecule has 1 N–H and O–H groups in total. The Hall–Kier alpha value is -1.26. The SMILES string of the molecule is COc1c(Br)cc(Cl)cc1NC1CCCc2cccnc21. The van der Waals surface area contributed by atoms with Gasteiger partial charge in [0.15, 0.2) is 5.75 Å². The zero-order valence-corrected chi connectivity index (χ0v) is 14.0. The molecule has 1 atom stereocenters. The molecule has 1 heterocycles. The fourth-order valence-corrected chi connectivity index (χ4v) is 3.78. The number of ether oxygens (including phenoxy) is 1. The van der Waals surface area contributed by atoms with Crippen LogP contribution < -0.4 is 10.1 Å². The van der Waals surface area contributed by atoms with Crippen LogP contribution in [0.2, 0.25) is 5.02 Å². The molecule has 0 amide bonds. The van der Waals surface area contributed by atoms with Gasteiger partial charge >= 0.3 is 0 Å². The Balaban J connectivity index is 1.95. The van der Waals surface area contributed by atoms with Crippen LogP contribution in [0.1, 0.15) is 30.1 Å². The molecule has 0 bridgehead atoms. The van der Waals surface area contributed by atoms with Crippen LogP contribution in [-0.2, 0) is 6.42 Å². The summed E-state index contributed by atoms with van der Waals surface area (Å²) in [6.45, 7) is 0. The largest absolute Gasteiger partial charge is 0.493 e. The average Bonchev–Trinajstić information content (AvgIpc) is 2.47. The molecule has 5 heteroatoms. The second kappa shape index (κ2) is 6.24. The van der Waals surface area contributed by atoms with E-state index >= 15 is 0 Å². The number of benzene rings is 1. The first-order valence-corrected chi connectivity index (χ1v) is 8.09. The van der Waals surface area contributed by atoms with Crippen molar-refractivity contribution >= 4 is 33.2 Å². The van der Waals surface area contributed by atoms with Crippen molar-refractivity contribution in [3.05, 3.63) is 51.2 Å². The van der Waals surface area contributed by atoms with Gasteiger partial charge in [0.2, 0.25) is 0 Å². The highest BCUT2D eigenvalue weighted by atomic mass is 79.9. The molecular formula is C16H16BrClN2O. The Morgan fingerprint density at radius 3 is 3.10 bits per heavy atom. The number of hydrogen-bond acceptors (Lipinski definition) is 3. The molecule has 0 saturated carbocycles. The molecule has 1 aromatic carbocycles. The maximum Gasteiger partial charge on any atom is 0.156 e. The Kier molecular flexibility index (Phi) is 4.36. The summed E-state index contributed by atoms with van der Waals surface area (Å²) in [5, 5.41) is 4.21. The molecule has 0 aliphatic heterocycles. The minimum absolute atomic E-state index is 0.189. The van der Waals surface area contributed by atoms with Crippen LogP contribution in [-0.4, -0.2) is 12.1 Å². The fraction of sp³-hybridized carbons (Fsp3) is 0.312. The number of nitrogens with zero attached hydrogens (tertiary/aromatic N) is 1. The van der Waals surface area contributed by atoms with Crippen LogP contribution >= 0.6 is 27.5 Å². The monoisotopic (exact) mass is 366 g/mol. The van der Waals surface area contributed by atoms with Gasteiger partial charge in [-0.3, -0.25) is 4.98 Å². The number of methoxy groups -OCH3 is 1. The van der Waals surface area contributed by atoms with E-state index in [4.69, 9.17) is 16.3 Å². The van der Waals surface area contributed by atoms with Gasteiger partial charge in [-0.25, -0.2) is 0 Å². The molecule has 1 aromatic heterocycles. The van der Waals surface area contributed by atoms with E-state index < -0.39 is 0 Å². The smallest absolute Gasteiger partial charge is 0.156 e. The molecule has 0 radical (unpaired) electrons. The number of hydrogen-bond donors (Lipinski definition) is 1. The van der Waals surface area contributed by atoms with Crippen LogP contribution in [0.4, 0.5) is 5.69 Å². The molecule has 0 fully saturated rings. The Bertz CT molecular complexity index is 663. The molecule has 3 nitrogen and oxygen atoms in total. The molecule has 2 aromatic rings. The normalized spacial score (nSPS) is 17.2. The molecule has 0 spiro atoms. The number of anilines is 1. The Morgan fingerprint density at radius 1 is 1.43 bits per heavy atom. The highest BCUT2D eigenvalue weighted by Crippen LogP contribution is 2.39. The summed E-state index contributed by atoms with van der Waals surface area (Å²) in [5.74, 6) is 0.766. The van der Waals surface area contributed by atoms with Gasteiger partial charge < -0.3 is 10.1 Å². The summed E-state index contributed by atoms with van der Waals surface area (Å²) in [5.41, 5.74) is 3.34. The summed E-state index contributed by atoms with van der Waals surface area (Å²) < 4.78 is 6.32. The first-order chi connectivity index (χ1) is 10.2. The van der Waals surface area contributed by atoms with Crippen LogP contribution in [0.25, 0.3) is 0 Å². The third-order valence-corrected chi connectivity index (χ3v) is 4.54. The minimum atomic E-state index is 0.189. The zero-order valence-electron chi connectivity index (χ0n) is 11.7. The lowest BCUT2D eigenvalue weighted by Gasteiger charge is -2.27. The maximum atomic E-state index is 6.16. The van der Waals surface area contributed by atoms with E-state index in [9.17, 15) is 0 Å². The van der Waals surface area contributed by atoms with Gasteiger partial charge in [0.1, 0.15) is 0 Å². The number of aryl methyl sites for hydroxylation is 1. The van der Waals surface area contributed by atoms with E-state index in [1.165, 1.54) is 5.56 Å². The van der Waals surface area contributed by atoms with Gasteiger partial charge in [-0.05, 0) is 59.0 Å². The lowest BCUT2D eigenvalue weighted by Crippen LogP contribution is -2.19. The fourth-order valence-electron chi connectivity index (χ4n) is 2.81. The first kappa shape index (κ1) is 14.7. The predicted molar refractivity (Wildman–Crippen MR) is 89.2 cm³/mol. The Morgan fingerprint density at radius 2 is 2.29 bits per heavy atom. The molecule has 1 aliphatic carbocycles. The topological polar surface area (TPSA) is 34.1 Å². The number of rotatable bonds is 3. The Labute approximate surface area is 137 Å². The summed E-state index contributed by atoms with van der Waals surface area (Å²) in [7, 11) is 1.66. The summed E-state index contributed by atoms with van der Waals surface area (Å²) in [6.07, 6.45) is 5.15. The standard InChI is InChI=1S/C16H16BrClN2O/c1-21-16-12(17)8-11(18)9-14(16)20-13-6-2-4-10-5-3-7-19-15(10)13/h3,5,7-9,13,20H,2,4,6H2,1H3. The summed E-state index contributed by atoms with van der Waals surface area (Å²) in [4.78, 5) is 4.55. The third-order valence-electron chi connectivity index (χ3n) is 3.74. The second-order valence-electron chi connectivity index (χ2n) is 5.11. The number of aromatic nitrogens is 1. The van der Waals surface area contributed by atoms with Gasteiger partial charge in [-0.1, -0.05) is 17.7 Å². The number of nitrogens with one attached hydrogen (secondary N) is 1.